The molecule has 0 amide bonds. The Morgan fingerprint density at radius 3 is 2.56 bits per heavy atom. The fraction of sp³-hybridized carbons (Fsp3) is 0.182. The zero-order valence-corrected chi connectivity index (χ0v) is 10.5. The van der Waals surface area contributed by atoms with Crippen LogP contribution in [0, 0.1) is 0 Å². The van der Waals surface area contributed by atoms with E-state index in [1.165, 1.54) is 12.3 Å². The molecule has 0 radical (unpaired) electrons. The van der Waals surface area contributed by atoms with Crippen LogP contribution >= 0.6 is 15.9 Å². The summed E-state index contributed by atoms with van der Waals surface area (Å²) >= 11 is 3.08. The molecule has 0 atom stereocenters. The summed E-state index contributed by atoms with van der Waals surface area (Å²) in [5, 5.41) is 8.89. The Bertz CT molecular complexity index is 566. The number of imidazole rings is 1. The molecule has 2 rings (SSSR count). The Morgan fingerprint density at radius 2 is 2.06 bits per heavy atom. The Labute approximate surface area is 109 Å². The molecule has 2 aromatic rings. The maximum Gasteiger partial charge on any atom is 0.416 e. The minimum atomic E-state index is -4.37. The summed E-state index contributed by atoms with van der Waals surface area (Å²) in [4.78, 5) is 6.79. The van der Waals surface area contributed by atoms with Gasteiger partial charge in [-0.15, -0.1) is 0 Å². The smallest absolute Gasteiger partial charge is 0.390 e. The quantitative estimate of drug-likeness (QED) is 0.891. The minimum Gasteiger partial charge on any atom is -0.390 e. The third-order valence-electron chi connectivity index (χ3n) is 2.35. The van der Waals surface area contributed by atoms with Crippen molar-refractivity contribution in [1.82, 2.24) is 9.97 Å². The molecule has 0 bridgehead atoms. The average Bonchev–Trinajstić information content (AvgIpc) is 2.76. The normalized spacial score (nSPS) is 11.8. The second-order valence-corrected chi connectivity index (χ2v) is 4.46. The van der Waals surface area contributed by atoms with Gasteiger partial charge < -0.3 is 10.1 Å². The summed E-state index contributed by atoms with van der Waals surface area (Å²) in [6.07, 6.45) is -2.94. The molecule has 0 aliphatic carbocycles. The molecular weight excluding hydrogens is 313 g/mol. The third-order valence-corrected chi connectivity index (χ3v) is 3.01. The van der Waals surface area contributed by atoms with Crippen molar-refractivity contribution in [3.8, 4) is 11.4 Å². The largest absolute Gasteiger partial charge is 0.416 e. The van der Waals surface area contributed by atoms with Gasteiger partial charge in [0, 0.05) is 10.0 Å². The standard InChI is InChI=1S/C11H8BrF3N2O/c12-9-3-6(11(13,14)15)1-2-8(9)10-16-4-7(5-18)17-10/h1-4,18H,5H2,(H,16,17). The number of hydrogen-bond acceptors (Lipinski definition) is 2. The highest BCUT2D eigenvalue weighted by molar-refractivity contribution is 9.10. The van der Waals surface area contributed by atoms with E-state index in [0.29, 0.717) is 17.1 Å². The molecule has 18 heavy (non-hydrogen) atoms. The fourth-order valence-electron chi connectivity index (χ4n) is 1.46. The number of H-pyrrole nitrogens is 1. The zero-order chi connectivity index (χ0) is 13.3. The van der Waals surface area contributed by atoms with Crippen LogP contribution in [0.1, 0.15) is 11.3 Å². The molecule has 7 heteroatoms. The van der Waals surface area contributed by atoms with Crippen molar-refractivity contribution in [1.29, 1.82) is 0 Å². The number of aromatic nitrogens is 2. The molecule has 0 saturated heterocycles. The maximum absolute atomic E-state index is 12.5. The van der Waals surface area contributed by atoms with Crippen molar-refractivity contribution in [2.24, 2.45) is 0 Å². The molecular formula is C11H8BrF3N2O. The molecule has 0 unspecified atom stereocenters. The monoisotopic (exact) mass is 320 g/mol. The number of aromatic amines is 1. The lowest BCUT2D eigenvalue weighted by Crippen LogP contribution is -2.04. The molecule has 0 fully saturated rings. The Morgan fingerprint density at radius 1 is 1.33 bits per heavy atom. The number of nitrogens with zero attached hydrogens (tertiary/aromatic N) is 1. The van der Waals surface area contributed by atoms with Crippen molar-refractivity contribution in [3.05, 3.63) is 40.1 Å². The maximum atomic E-state index is 12.5. The van der Waals surface area contributed by atoms with Crippen LogP contribution < -0.4 is 0 Å². The average molecular weight is 321 g/mol. The molecule has 2 N–H and O–H groups in total. The lowest BCUT2D eigenvalue weighted by molar-refractivity contribution is -0.137. The number of hydrogen-bond donors (Lipinski definition) is 2. The molecule has 0 aliphatic heterocycles. The van der Waals surface area contributed by atoms with Gasteiger partial charge in [-0.25, -0.2) is 4.98 Å². The summed E-state index contributed by atoms with van der Waals surface area (Å²) in [5.41, 5.74) is 0.270. The lowest BCUT2D eigenvalue weighted by Gasteiger charge is -2.08. The van der Waals surface area contributed by atoms with Crippen LogP contribution in [0.2, 0.25) is 0 Å². The SMILES string of the molecule is OCc1cnc(-c2ccc(C(F)(F)F)cc2Br)[nH]1. The van der Waals surface area contributed by atoms with Crippen LogP contribution in [0.5, 0.6) is 0 Å². The van der Waals surface area contributed by atoms with Crippen LogP contribution in [-0.2, 0) is 12.8 Å². The van der Waals surface area contributed by atoms with Gasteiger partial charge in [0.2, 0.25) is 0 Å². The summed E-state index contributed by atoms with van der Waals surface area (Å²) in [6.45, 7) is -0.203. The van der Waals surface area contributed by atoms with Crippen LogP contribution in [0.3, 0.4) is 0 Å². The molecule has 0 spiro atoms. The first kappa shape index (κ1) is 13.1. The molecule has 1 heterocycles. The summed E-state index contributed by atoms with van der Waals surface area (Å²) in [6, 6.07) is 3.31. The topological polar surface area (TPSA) is 48.9 Å². The van der Waals surface area contributed by atoms with E-state index in [1.807, 2.05) is 0 Å². The molecule has 3 nitrogen and oxygen atoms in total. The number of aliphatic hydroxyl groups excluding tert-OH is 1. The molecule has 1 aromatic carbocycles. The van der Waals surface area contributed by atoms with Gasteiger partial charge >= 0.3 is 6.18 Å². The number of aliphatic hydroxyl groups is 1. The minimum absolute atomic E-state index is 0.203. The lowest BCUT2D eigenvalue weighted by atomic mass is 10.1. The van der Waals surface area contributed by atoms with Gasteiger partial charge in [0.1, 0.15) is 5.82 Å². The van der Waals surface area contributed by atoms with E-state index in [4.69, 9.17) is 5.11 Å². The van der Waals surface area contributed by atoms with E-state index in [0.717, 1.165) is 12.1 Å². The van der Waals surface area contributed by atoms with E-state index >= 15 is 0 Å². The molecule has 96 valence electrons. The highest BCUT2D eigenvalue weighted by atomic mass is 79.9. The zero-order valence-electron chi connectivity index (χ0n) is 8.92. The van der Waals surface area contributed by atoms with Crippen molar-refractivity contribution in [2.45, 2.75) is 12.8 Å². The van der Waals surface area contributed by atoms with Crippen LogP contribution in [-0.4, -0.2) is 15.1 Å². The number of rotatable bonds is 2. The third kappa shape index (κ3) is 2.56. The summed E-state index contributed by atoms with van der Waals surface area (Å²) in [5.74, 6) is 0.402. The summed E-state index contributed by atoms with van der Waals surface area (Å²) < 4.78 is 37.7. The predicted molar refractivity (Wildman–Crippen MR) is 62.6 cm³/mol. The number of nitrogens with one attached hydrogen (secondary N) is 1. The van der Waals surface area contributed by atoms with Gasteiger partial charge in [-0.2, -0.15) is 13.2 Å². The number of alkyl halides is 3. The van der Waals surface area contributed by atoms with Crippen LogP contribution in [0.25, 0.3) is 11.4 Å². The highest BCUT2D eigenvalue weighted by Gasteiger charge is 2.31. The first-order chi connectivity index (χ1) is 8.41. The van der Waals surface area contributed by atoms with Gasteiger partial charge in [-0.05, 0) is 18.2 Å². The Hall–Kier alpha value is -1.34. The molecule has 0 aliphatic rings. The Balaban J connectivity index is 2.41. The van der Waals surface area contributed by atoms with Gasteiger partial charge in [0.05, 0.1) is 24.1 Å². The van der Waals surface area contributed by atoms with Gasteiger partial charge in [-0.3, -0.25) is 0 Å². The second-order valence-electron chi connectivity index (χ2n) is 3.61. The van der Waals surface area contributed by atoms with Crippen molar-refractivity contribution in [3.63, 3.8) is 0 Å². The molecule has 0 saturated carbocycles. The number of benzene rings is 1. The first-order valence-electron chi connectivity index (χ1n) is 4.93. The van der Waals surface area contributed by atoms with Gasteiger partial charge in [0.15, 0.2) is 0 Å². The Kier molecular flexibility index (Phi) is 3.45. The van der Waals surface area contributed by atoms with E-state index < -0.39 is 11.7 Å². The van der Waals surface area contributed by atoms with E-state index in [-0.39, 0.29) is 11.1 Å². The van der Waals surface area contributed by atoms with E-state index in [9.17, 15) is 13.2 Å². The van der Waals surface area contributed by atoms with Crippen molar-refractivity contribution >= 4 is 15.9 Å². The van der Waals surface area contributed by atoms with Crippen molar-refractivity contribution < 1.29 is 18.3 Å². The van der Waals surface area contributed by atoms with Crippen molar-refractivity contribution in [2.75, 3.05) is 0 Å². The van der Waals surface area contributed by atoms with Crippen LogP contribution in [0.4, 0.5) is 13.2 Å². The molecule has 1 aromatic heterocycles. The van der Waals surface area contributed by atoms with Gasteiger partial charge in [0.25, 0.3) is 0 Å². The first-order valence-corrected chi connectivity index (χ1v) is 5.73. The van der Waals surface area contributed by atoms with E-state index in [1.54, 1.807) is 0 Å². The fourth-order valence-corrected chi connectivity index (χ4v) is 2.03. The van der Waals surface area contributed by atoms with Gasteiger partial charge in [-0.1, -0.05) is 15.9 Å². The van der Waals surface area contributed by atoms with Crippen LogP contribution in [0.15, 0.2) is 28.9 Å². The second kappa shape index (κ2) is 4.74. The summed E-state index contributed by atoms with van der Waals surface area (Å²) in [7, 11) is 0. The number of halogens is 4. The highest BCUT2D eigenvalue weighted by Crippen LogP contribution is 2.34. The van der Waals surface area contributed by atoms with E-state index in [2.05, 4.69) is 25.9 Å². The predicted octanol–water partition coefficient (Wildman–Crippen LogP) is 3.35.